The zero-order chi connectivity index (χ0) is 5.54. The Morgan fingerprint density at radius 1 is 1.71 bits per heavy atom. The summed E-state index contributed by atoms with van der Waals surface area (Å²) in [6.45, 7) is 1.97. The molecule has 36 valence electrons. The van der Waals surface area contributed by atoms with Gasteiger partial charge in [-0.3, -0.25) is 0 Å². The van der Waals surface area contributed by atoms with Crippen LogP contribution in [0.15, 0.2) is 0 Å². The Bertz CT molecular complexity index is 119. The van der Waals surface area contributed by atoms with Crippen LogP contribution in [0, 0.1) is 24.4 Å². The molecule has 0 bridgehead atoms. The average Bonchev–Trinajstić information content (AvgIpc) is 1.69. The minimum atomic E-state index is 0.279. The monoisotopic (exact) mass is 94.0 g/mol. The molecular weight excluding hydrogens is 88.1 g/mol. The van der Waals surface area contributed by atoms with Crippen LogP contribution in [0.1, 0.15) is 6.92 Å². The number of ether oxygens (including phenoxy) is 1. The molecule has 0 saturated carbocycles. The SMILES string of the molecule is C#CCOC#CC. The van der Waals surface area contributed by atoms with Crippen LogP contribution in [0.2, 0.25) is 0 Å². The summed E-state index contributed by atoms with van der Waals surface area (Å²) in [6.07, 6.45) is 7.18. The highest BCUT2D eigenvalue weighted by Gasteiger charge is 1.63. The highest BCUT2D eigenvalue weighted by molar-refractivity contribution is 4.90. The lowest BCUT2D eigenvalue weighted by atomic mass is 10.7. The zero-order valence-electron chi connectivity index (χ0n) is 4.19. The van der Waals surface area contributed by atoms with Crippen molar-refractivity contribution in [2.75, 3.05) is 6.61 Å². The van der Waals surface area contributed by atoms with Gasteiger partial charge in [-0.25, -0.2) is 0 Å². The largest absolute Gasteiger partial charge is 0.433 e. The zero-order valence-corrected chi connectivity index (χ0v) is 4.19. The predicted octanol–water partition coefficient (Wildman–Crippen LogP) is 0.617. The molecule has 0 aromatic carbocycles. The Kier molecular flexibility index (Phi) is 4.16. The van der Waals surface area contributed by atoms with Gasteiger partial charge in [-0.1, -0.05) is 11.8 Å². The van der Waals surface area contributed by atoms with E-state index in [2.05, 4.69) is 22.7 Å². The van der Waals surface area contributed by atoms with Crippen LogP contribution >= 0.6 is 0 Å². The third kappa shape index (κ3) is 4.92. The maximum Gasteiger partial charge on any atom is 0.160 e. The molecule has 0 aliphatic carbocycles. The van der Waals surface area contributed by atoms with E-state index in [9.17, 15) is 0 Å². The summed E-state index contributed by atoms with van der Waals surface area (Å²) in [4.78, 5) is 0. The number of hydrogen-bond acceptors (Lipinski definition) is 1. The second kappa shape index (κ2) is 4.92. The van der Waals surface area contributed by atoms with Gasteiger partial charge in [0, 0.05) is 6.92 Å². The van der Waals surface area contributed by atoms with Crippen molar-refractivity contribution in [2.45, 2.75) is 6.92 Å². The Morgan fingerprint density at radius 2 is 2.43 bits per heavy atom. The van der Waals surface area contributed by atoms with E-state index in [1.807, 2.05) is 0 Å². The predicted molar refractivity (Wildman–Crippen MR) is 28.2 cm³/mol. The van der Waals surface area contributed by atoms with Crippen molar-refractivity contribution in [3.8, 4) is 24.4 Å². The minimum absolute atomic E-state index is 0.279. The second-order valence-corrected chi connectivity index (χ2v) is 0.845. The fraction of sp³-hybridized carbons (Fsp3) is 0.333. The number of rotatable bonds is 1. The molecule has 0 saturated heterocycles. The molecule has 0 aliphatic heterocycles. The van der Waals surface area contributed by atoms with Gasteiger partial charge in [0.15, 0.2) is 6.61 Å². The van der Waals surface area contributed by atoms with Crippen LogP contribution in [0.5, 0.6) is 0 Å². The lowest BCUT2D eigenvalue weighted by Gasteiger charge is -1.80. The van der Waals surface area contributed by atoms with Crippen molar-refractivity contribution in [1.29, 1.82) is 0 Å². The van der Waals surface area contributed by atoms with Gasteiger partial charge in [-0.2, -0.15) is 0 Å². The lowest BCUT2D eigenvalue weighted by Crippen LogP contribution is -1.78. The molecule has 0 spiro atoms. The van der Waals surface area contributed by atoms with Gasteiger partial charge in [-0.05, 0) is 0 Å². The molecule has 0 N–H and O–H groups in total. The third-order valence-electron chi connectivity index (χ3n) is 0.330. The first kappa shape index (κ1) is 5.92. The van der Waals surface area contributed by atoms with Crippen molar-refractivity contribution in [2.24, 2.45) is 0 Å². The van der Waals surface area contributed by atoms with E-state index < -0.39 is 0 Å². The van der Waals surface area contributed by atoms with E-state index in [4.69, 9.17) is 6.42 Å². The van der Waals surface area contributed by atoms with Crippen LogP contribution in [-0.2, 0) is 4.74 Å². The molecule has 7 heavy (non-hydrogen) atoms. The fourth-order valence-corrected chi connectivity index (χ4v) is 0.150. The van der Waals surface area contributed by atoms with Crippen LogP contribution < -0.4 is 0 Å². The highest BCUT2D eigenvalue weighted by Crippen LogP contribution is 1.62. The van der Waals surface area contributed by atoms with Gasteiger partial charge in [0.25, 0.3) is 0 Å². The average molecular weight is 94.1 g/mol. The topological polar surface area (TPSA) is 9.23 Å². The van der Waals surface area contributed by atoms with Gasteiger partial charge in [0.2, 0.25) is 0 Å². The van der Waals surface area contributed by atoms with Crippen molar-refractivity contribution in [3.63, 3.8) is 0 Å². The third-order valence-corrected chi connectivity index (χ3v) is 0.330. The molecule has 0 radical (unpaired) electrons. The summed E-state index contributed by atoms with van der Waals surface area (Å²) >= 11 is 0. The van der Waals surface area contributed by atoms with Crippen LogP contribution in [0.25, 0.3) is 0 Å². The number of terminal acetylenes is 1. The summed E-state index contributed by atoms with van der Waals surface area (Å²) in [5.41, 5.74) is 0. The molecular formula is C6H6O. The molecule has 0 aromatic heterocycles. The van der Waals surface area contributed by atoms with Gasteiger partial charge in [0.05, 0.1) is 0 Å². The first-order valence-electron chi connectivity index (χ1n) is 1.89. The fourth-order valence-electron chi connectivity index (χ4n) is 0.150. The van der Waals surface area contributed by atoms with Crippen molar-refractivity contribution in [3.05, 3.63) is 0 Å². The first-order chi connectivity index (χ1) is 3.41. The molecule has 0 aromatic rings. The van der Waals surface area contributed by atoms with Crippen LogP contribution in [0.4, 0.5) is 0 Å². The maximum atomic E-state index is 4.83. The van der Waals surface area contributed by atoms with Gasteiger partial charge >= 0.3 is 0 Å². The standard InChI is InChI=1S/C6H6O/c1-3-5-7-6-4-2/h1H,5H2,2H3. The smallest absolute Gasteiger partial charge is 0.160 e. The Labute approximate surface area is 43.7 Å². The van der Waals surface area contributed by atoms with E-state index in [-0.39, 0.29) is 6.61 Å². The molecule has 0 amide bonds. The molecule has 0 aliphatic rings. The van der Waals surface area contributed by atoms with Crippen molar-refractivity contribution in [1.82, 2.24) is 0 Å². The van der Waals surface area contributed by atoms with Crippen molar-refractivity contribution >= 4 is 0 Å². The molecule has 1 nitrogen and oxygen atoms in total. The number of hydrogen-bond donors (Lipinski definition) is 0. The van der Waals surface area contributed by atoms with Gasteiger partial charge < -0.3 is 4.74 Å². The van der Waals surface area contributed by atoms with E-state index in [1.165, 1.54) is 0 Å². The summed E-state index contributed by atoms with van der Waals surface area (Å²) in [5.74, 6) is 4.81. The van der Waals surface area contributed by atoms with Gasteiger partial charge in [-0.15, -0.1) is 6.42 Å². The Morgan fingerprint density at radius 3 is 2.86 bits per heavy atom. The van der Waals surface area contributed by atoms with E-state index in [1.54, 1.807) is 6.92 Å². The van der Waals surface area contributed by atoms with E-state index in [0.717, 1.165) is 0 Å². The highest BCUT2D eigenvalue weighted by atomic mass is 16.5. The maximum absolute atomic E-state index is 4.83. The summed E-state index contributed by atoms with van der Waals surface area (Å²) < 4.78 is 4.53. The summed E-state index contributed by atoms with van der Waals surface area (Å²) in [7, 11) is 0. The van der Waals surface area contributed by atoms with Crippen LogP contribution in [-0.4, -0.2) is 6.61 Å². The summed E-state index contributed by atoms with van der Waals surface area (Å²) in [6, 6.07) is 0. The molecule has 0 fully saturated rings. The Balaban J connectivity index is 2.98. The van der Waals surface area contributed by atoms with E-state index in [0.29, 0.717) is 0 Å². The molecule has 0 atom stereocenters. The molecule has 0 unspecified atom stereocenters. The Hall–Kier alpha value is -1.08. The van der Waals surface area contributed by atoms with Crippen LogP contribution in [0.3, 0.4) is 0 Å². The lowest BCUT2D eigenvalue weighted by molar-refractivity contribution is 0.328. The molecule has 0 heterocycles. The molecule has 1 heteroatoms. The normalized spacial score (nSPS) is 5.14. The minimum Gasteiger partial charge on any atom is -0.433 e. The van der Waals surface area contributed by atoms with Gasteiger partial charge in [0.1, 0.15) is 6.11 Å². The quantitative estimate of drug-likeness (QED) is 0.342. The summed E-state index contributed by atoms with van der Waals surface area (Å²) in [5, 5.41) is 0. The second-order valence-electron chi connectivity index (χ2n) is 0.845. The van der Waals surface area contributed by atoms with E-state index >= 15 is 0 Å². The molecule has 0 rings (SSSR count). The first-order valence-corrected chi connectivity index (χ1v) is 1.89. The van der Waals surface area contributed by atoms with Crippen molar-refractivity contribution < 1.29 is 4.74 Å².